The summed E-state index contributed by atoms with van der Waals surface area (Å²) in [5, 5.41) is 5.71. The smallest absolute Gasteiger partial charge is 0.222 e. The van der Waals surface area contributed by atoms with E-state index in [9.17, 15) is 4.79 Å². The third kappa shape index (κ3) is 4.73. The van der Waals surface area contributed by atoms with Crippen LogP contribution in [0.2, 0.25) is 0 Å². The average Bonchev–Trinajstić information content (AvgIpc) is 2.66. The fourth-order valence-corrected chi connectivity index (χ4v) is 3.55. The van der Waals surface area contributed by atoms with Gasteiger partial charge in [-0.2, -0.15) is 0 Å². The van der Waals surface area contributed by atoms with E-state index < -0.39 is 0 Å². The first-order valence-corrected chi connectivity index (χ1v) is 9.17. The third-order valence-corrected chi connectivity index (χ3v) is 5.18. The zero-order chi connectivity index (χ0) is 17.6. The highest BCUT2D eigenvalue weighted by Gasteiger charge is 2.16. The summed E-state index contributed by atoms with van der Waals surface area (Å²) in [7, 11) is 3.59. The van der Waals surface area contributed by atoms with Gasteiger partial charge >= 0.3 is 0 Å². The molecule has 25 heavy (non-hydrogen) atoms. The van der Waals surface area contributed by atoms with Gasteiger partial charge in [0, 0.05) is 20.0 Å². The van der Waals surface area contributed by atoms with Gasteiger partial charge in [-0.15, -0.1) is 0 Å². The number of amides is 1. The molecule has 3 rings (SSSR count). The molecule has 4 nitrogen and oxygen atoms in total. The maximum atomic E-state index is 12.4. The summed E-state index contributed by atoms with van der Waals surface area (Å²) in [5.41, 5.74) is 1.16. The molecule has 0 unspecified atom stereocenters. The fraction of sp³-hybridized carbons (Fsp3) is 0.476. The van der Waals surface area contributed by atoms with E-state index in [1.165, 1.54) is 18.2 Å². The number of ether oxygens (including phenoxy) is 1. The van der Waals surface area contributed by atoms with Crippen molar-refractivity contribution < 1.29 is 9.53 Å². The summed E-state index contributed by atoms with van der Waals surface area (Å²) in [6.45, 7) is 2.85. The first-order valence-electron chi connectivity index (χ1n) is 9.17. The number of piperidine rings is 1. The maximum Gasteiger partial charge on any atom is 0.222 e. The number of hydrogen-bond donors (Lipinski definition) is 1. The normalized spacial score (nSPS) is 15.3. The van der Waals surface area contributed by atoms with Crippen molar-refractivity contribution in [2.45, 2.75) is 32.2 Å². The molecule has 0 aliphatic carbocycles. The van der Waals surface area contributed by atoms with Crippen LogP contribution in [-0.2, 0) is 11.3 Å². The Balaban J connectivity index is 1.56. The van der Waals surface area contributed by atoms with Crippen LogP contribution in [0.15, 0.2) is 36.4 Å². The van der Waals surface area contributed by atoms with E-state index in [1.807, 2.05) is 24.1 Å². The number of nitrogens with one attached hydrogen (secondary N) is 1. The van der Waals surface area contributed by atoms with Crippen molar-refractivity contribution in [1.82, 2.24) is 10.2 Å². The molecule has 0 aromatic heterocycles. The van der Waals surface area contributed by atoms with Gasteiger partial charge in [0.15, 0.2) is 0 Å². The Morgan fingerprint density at radius 3 is 2.64 bits per heavy atom. The highest BCUT2D eigenvalue weighted by atomic mass is 16.5. The van der Waals surface area contributed by atoms with Crippen LogP contribution in [0.4, 0.5) is 0 Å². The predicted octanol–water partition coefficient (Wildman–Crippen LogP) is 3.59. The van der Waals surface area contributed by atoms with Gasteiger partial charge in [-0.05, 0) is 72.8 Å². The lowest BCUT2D eigenvalue weighted by atomic mass is 9.93. The van der Waals surface area contributed by atoms with Gasteiger partial charge in [-0.1, -0.05) is 18.2 Å². The Morgan fingerprint density at radius 1 is 1.16 bits per heavy atom. The molecule has 0 bridgehead atoms. The molecule has 1 heterocycles. The zero-order valence-electron chi connectivity index (χ0n) is 15.3. The van der Waals surface area contributed by atoms with E-state index in [0.717, 1.165) is 36.2 Å². The van der Waals surface area contributed by atoms with Crippen molar-refractivity contribution in [3.63, 3.8) is 0 Å². The summed E-state index contributed by atoms with van der Waals surface area (Å²) < 4.78 is 5.27. The summed E-state index contributed by atoms with van der Waals surface area (Å²) in [6.07, 6.45) is 4.07. The van der Waals surface area contributed by atoms with E-state index >= 15 is 0 Å². The van der Waals surface area contributed by atoms with Gasteiger partial charge in [-0.3, -0.25) is 4.79 Å². The van der Waals surface area contributed by atoms with Crippen LogP contribution in [0, 0.1) is 5.92 Å². The lowest BCUT2D eigenvalue weighted by molar-refractivity contribution is -0.130. The number of carbonyl (C=O) groups excluding carboxylic acids is 1. The summed E-state index contributed by atoms with van der Waals surface area (Å²) in [6, 6.07) is 12.4. The van der Waals surface area contributed by atoms with Crippen LogP contribution in [-0.4, -0.2) is 38.1 Å². The van der Waals surface area contributed by atoms with Gasteiger partial charge in [0.1, 0.15) is 5.75 Å². The van der Waals surface area contributed by atoms with E-state index in [2.05, 4.69) is 29.6 Å². The minimum atomic E-state index is 0.244. The molecule has 1 aliphatic heterocycles. The summed E-state index contributed by atoms with van der Waals surface area (Å²) >= 11 is 0. The molecule has 0 atom stereocenters. The van der Waals surface area contributed by atoms with Crippen LogP contribution in [0.25, 0.3) is 10.8 Å². The van der Waals surface area contributed by atoms with Crippen molar-refractivity contribution in [2.75, 3.05) is 27.2 Å². The van der Waals surface area contributed by atoms with Crippen LogP contribution < -0.4 is 10.1 Å². The quantitative estimate of drug-likeness (QED) is 0.874. The average molecular weight is 340 g/mol. The van der Waals surface area contributed by atoms with Crippen LogP contribution >= 0.6 is 0 Å². The van der Waals surface area contributed by atoms with Crippen molar-refractivity contribution in [2.24, 2.45) is 5.92 Å². The Hall–Kier alpha value is -2.07. The summed E-state index contributed by atoms with van der Waals surface area (Å²) in [4.78, 5) is 14.3. The van der Waals surface area contributed by atoms with Gasteiger partial charge in [0.25, 0.3) is 0 Å². The van der Waals surface area contributed by atoms with Crippen LogP contribution in [0.3, 0.4) is 0 Å². The number of hydrogen-bond acceptors (Lipinski definition) is 3. The zero-order valence-corrected chi connectivity index (χ0v) is 15.3. The highest BCUT2D eigenvalue weighted by Crippen LogP contribution is 2.23. The Kier molecular flexibility index (Phi) is 5.92. The van der Waals surface area contributed by atoms with Crippen molar-refractivity contribution in [1.29, 1.82) is 0 Å². The second-order valence-corrected chi connectivity index (χ2v) is 7.03. The first kappa shape index (κ1) is 17.7. The highest BCUT2D eigenvalue weighted by molar-refractivity contribution is 5.84. The molecule has 0 radical (unpaired) electrons. The van der Waals surface area contributed by atoms with Gasteiger partial charge in [-0.25, -0.2) is 0 Å². The summed E-state index contributed by atoms with van der Waals surface area (Å²) in [5.74, 6) is 1.81. The van der Waals surface area contributed by atoms with Crippen molar-refractivity contribution >= 4 is 16.7 Å². The Morgan fingerprint density at radius 2 is 1.88 bits per heavy atom. The molecule has 1 amide bonds. The van der Waals surface area contributed by atoms with Gasteiger partial charge in [0.05, 0.1) is 7.11 Å². The minimum absolute atomic E-state index is 0.244. The molecule has 4 heteroatoms. The van der Waals surface area contributed by atoms with Crippen molar-refractivity contribution in [3.8, 4) is 5.75 Å². The monoisotopic (exact) mass is 340 g/mol. The number of rotatable bonds is 6. The molecule has 0 spiro atoms. The number of methoxy groups -OCH3 is 1. The number of nitrogens with zero attached hydrogens (tertiary/aromatic N) is 1. The molecule has 1 saturated heterocycles. The van der Waals surface area contributed by atoms with Crippen LogP contribution in [0.1, 0.15) is 31.2 Å². The molecular weight excluding hydrogens is 312 g/mol. The Bertz CT molecular complexity index is 723. The van der Waals surface area contributed by atoms with E-state index in [-0.39, 0.29) is 5.91 Å². The molecule has 0 saturated carbocycles. The van der Waals surface area contributed by atoms with Gasteiger partial charge < -0.3 is 15.0 Å². The molecule has 1 fully saturated rings. The molecular formula is C21H28N2O2. The molecule has 1 aliphatic rings. The predicted molar refractivity (Wildman–Crippen MR) is 102 cm³/mol. The third-order valence-electron chi connectivity index (χ3n) is 5.18. The van der Waals surface area contributed by atoms with E-state index in [4.69, 9.17) is 4.74 Å². The largest absolute Gasteiger partial charge is 0.497 e. The Labute approximate surface area is 150 Å². The first-order chi connectivity index (χ1) is 12.2. The maximum absolute atomic E-state index is 12.4. The molecule has 134 valence electrons. The molecule has 2 aromatic rings. The fourth-order valence-electron chi connectivity index (χ4n) is 3.55. The molecule has 2 aromatic carbocycles. The second kappa shape index (κ2) is 8.34. The second-order valence-electron chi connectivity index (χ2n) is 7.03. The van der Waals surface area contributed by atoms with Gasteiger partial charge in [0.2, 0.25) is 5.91 Å². The van der Waals surface area contributed by atoms with Crippen LogP contribution in [0.5, 0.6) is 5.75 Å². The number of benzene rings is 2. The lowest BCUT2D eigenvalue weighted by Crippen LogP contribution is -2.30. The van der Waals surface area contributed by atoms with Crippen molar-refractivity contribution in [3.05, 3.63) is 42.0 Å². The molecule has 1 N–H and O–H groups in total. The number of fused-ring (bicyclic) bond motifs is 1. The lowest BCUT2D eigenvalue weighted by Gasteiger charge is -2.23. The minimum Gasteiger partial charge on any atom is -0.497 e. The standard InChI is InChI=1S/C21H28N2O2/c1-23(21(24)8-4-16-9-11-22-12-10-16)15-17-3-5-19-14-20(25-2)7-6-18(19)13-17/h3,5-7,13-14,16,22H,4,8-12,15H2,1-2H3. The number of carbonyl (C=O) groups is 1. The van der Waals surface area contributed by atoms with E-state index in [1.54, 1.807) is 7.11 Å². The topological polar surface area (TPSA) is 41.6 Å². The van der Waals surface area contributed by atoms with E-state index in [0.29, 0.717) is 18.9 Å². The SMILES string of the molecule is COc1ccc2cc(CN(C)C(=O)CCC3CCNCC3)ccc2c1.